The minimum atomic E-state index is -0.383. The van der Waals surface area contributed by atoms with Gasteiger partial charge in [-0.1, -0.05) is 68.4 Å². The second-order valence-electron chi connectivity index (χ2n) is 15.8. The molecular weight excluding hydrogens is 707 g/mol. The van der Waals surface area contributed by atoms with Crippen molar-refractivity contribution in [1.29, 1.82) is 0 Å². The van der Waals surface area contributed by atoms with Crippen molar-refractivity contribution in [2.24, 2.45) is 0 Å². The number of piperidine rings is 1. The summed E-state index contributed by atoms with van der Waals surface area (Å²) in [6, 6.07) is 22.9. The minimum Gasteiger partial charge on any atom is -0.374 e. The van der Waals surface area contributed by atoms with Crippen LogP contribution in [0.15, 0.2) is 83.8 Å². The lowest BCUT2D eigenvalue weighted by atomic mass is 9.95. The lowest BCUT2D eigenvalue weighted by molar-refractivity contribution is -0.133. The number of hydrogen-bond acceptors (Lipinski definition) is 10. The third-order valence-corrected chi connectivity index (χ3v) is 10.6. The Balaban J connectivity index is 0.889. The van der Waals surface area contributed by atoms with Crippen LogP contribution in [0.3, 0.4) is 0 Å². The molecule has 3 aromatic carbocycles. The Kier molecular flexibility index (Phi) is 9.94. The number of aromatic nitrogens is 5. The average Bonchev–Trinajstić information content (AvgIpc) is 3.87. The number of benzene rings is 3. The third-order valence-electron chi connectivity index (χ3n) is 10.6. The van der Waals surface area contributed by atoms with Crippen LogP contribution in [0.4, 0.5) is 5.69 Å². The topological polar surface area (TPSA) is 160 Å². The Morgan fingerprint density at radius 1 is 0.964 bits per heavy atom. The van der Waals surface area contributed by atoms with Crippen LogP contribution in [-0.4, -0.2) is 66.5 Å². The van der Waals surface area contributed by atoms with Crippen molar-refractivity contribution in [3.05, 3.63) is 119 Å². The number of nitrogens with one attached hydrogen (secondary N) is 3. The Labute approximate surface area is 324 Å². The highest BCUT2D eigenvalue weighted by molar-refractivity contribution is 6.01. The number of imide groups is 1. The van der Waals surface area contributed by atoms with Gasteiger partial charge in [0.2, 0.25) is 17.7 Å². The number of fused-ring (bicyclic) bond motifs is 2. The molecule has 1 unspecified atom stereocenters. The first-order chi connectivity index (χ1) is 27.0. The van der Waals surface area contributed by atoms with Gasteiger partial charge >= 0.3 is 0 Å². The standard InChI is InChI=1S/C43H45N9O4/c1-26-19-30(8-9-31(26)22-44-41(55)39-49-42(56-50-39)43(2,3)4)38-36-21-33(24-52(36)46-25-45-38)28-7-10-32-23-51(18-16-29(32)20-28)17-15-27-5-11-34(12-6-27)47-35-13-14-37(53)48-40(35)54/h5-12,19-21,24-25,35,47H,13-18,22-23H2,1-4H3,(H,44,55)(H,48,53,54). The molecule has 13 heteroatoms. The van der Waals surface area contributed by atoms with Crippen molar-refractivity contribution < 1.29 is 18.9 Å². The molecule has 5 heterocycles. The largest absolute Gasteiger partial charge is 0.374 e. The van der Waals surface area contributed by atoms with Gasteiger partial charge in [-0.25, -0.2) is 9.50 Å². The Hall–Kier alpha value is -6.21. The number of anilines is 1. The second-order valence-corrected chi connectivity index (χ2v) is 15.8. The number of amides is 3. The maximum Gasteiger partial charge on any atom is 0.292 e. The summed E-state index contributed by atoms with van der Waals surface area (Å²) >= 11 is 0. The first-order valence-electron chi connectivity index (χ1n) is 19.1. The van der Waals surface area contributed by atoms with Gasteiger partial charge in [0.15, 0.2) is 0 Å². The normalized spacial score (nSPS) is 16.1. The molecule has 0 saturated carbocycles. The van der Waals surface area contributed by atoms with E-state index in [0.29, 0.717) is 25.3 Å². The predicted molar refractivity (Wildman–Crippen MR) is 212 cm³/mol. The highest BCUT2D eigenvalue weighted by Crippen LogP contribution is 2.31. The van der Waals surface area contributed by atoms with Gasteiger partial charge < -0.3 is 15.2 Å². The van der Waals surface area contributed by atoms with Crippen LogP contribution in [-0.2, 0) is 40.9 Å². The van der Waals surface area contributed by atoms with E-state index in [0.717, 1.165) is 77.2 Å². The molecular formula is C43H45N9O4. The predicted octanol–water partition coefficient (Wildman–Crippen LogP) is 5.80. The van der Waals surface area contributed by atoms with Crippen molar-refractivity contribution >= 4 is 28.9 Å². The molecule has 286 valence electrons. The molecule has 0 bridgehead atoms. The summed E-state index contributed by atoms with van der Waals surface area (Å²) in [5.74, 6) is -0.409. The van der Waals surface area contributed by atoms with Crippen LogP contribution in [0, 0.1) is 6.92 Å². The summed E-state index contributed by atoms with van der Waals surface area (Å²) in [5, 5.41) is 16.9. The fraction of sp³-hybridized carbons (Fsp3) is 0.326. The first kappa shape index (κ1) is 36.8. The van der Waals surface area contributed by atoms with Crippen LogP contribution < -0.4 is 16.0 Å². The quantitative estimate of drug-likeness (QED) is 0.146. The molecule has 3 amide bonds. The summed E-state index contributed by atoms with van der Waals surface area (Å²) < 4.78 is 7.16. The first-order valence-corrected chi connectivity index (χ1v) is 19.1. The summed E-state index contributed by atoms with van der Waals surface area (Å²) in [4.78, 5) is 47.7. The number of carbonyl (C=O) groups is 3. The maximum atomic E-state index is 12.7. The lowest BCUT2D eigenvalue weighted by Gasteiger charge is -2.29. The second kappa shape index (κ2) is 15.1. The zero-order valence-corrected chi connectivity index (χ0v) is 32.1. The molecule has 3 N–H and O–H groups in total. The van der Waals surface area contributed by atoms with Crippen LogP contribution >= 0.6 is 0 Å². The molecule has 6 aromatic rings. The summed E-state index contributed by atoms with van der Waals surface area (Å²) in [6.45, 7) is 11.1. The molecule has 0 radical (unpaired) electrons. The van der Waals surface area contributed by atoms with Crippen molar-refractivity contribution in [3.63, 3.8) is 0 Å². The van der Waals surface area contributed by atoms with E-state index in [1.165, 1.54) is 16.7 Å². The van der Waals surface area contributed by atoms with Gasteiger partial charge in [-0.3, -0.25) is 24.6 Å². The number of nitrogens with zero attached hydrogens (tertiary/aromatic N) is 6. The van der Waals surface area contributed by atoms with Gasteiger partial charge in [0, 0.05) is 61.0 Å². The van der Waals surface area contributed by atoms with Gasteiger partial charge in [0.1, 0.15) is 12.4 Å². The molecule has 1 atom stereocenters. The van der Waals surface area contributed by atoms with E-state index in [1.807, 2.05) is 56.5 Å². The van der Waals surface area contributed by atoms with E-state index in [4.69, 9.17) is 4.52 Å². The lowest BCUT2D eigenvalue weighted by Crippen LogP contribution is -2.47. The highest BCUT2D eigenvalue weighted by Gasteiger charge is 2.27. The highest BCUT2D eigenvalue weighted by atomic mass is 16.5. The van der Waals surface area contributed by atoms with E-state index in [9.17, 15) is 14.4 Å². The summed E-state index contributed by atoms with van der Waals surface area (Å²) in [7, 11) is 0. The number of rotatable bonds is 10. The summed E-state index contributed by atoms with van der Waals surface area (Å²) in [5.41, 5.74) is 11.5. The van der Waals surface area contributed by atoms with Crippen LogP contribution in [0.5, 0.6) is 0 Å². The van der Waals surface area contributed by atoms with Crippen molar-refractivity contribution in [1.82, 2.24) is 40.3 Å². The van der Waals surface area contributed by atoms with E-state index < -0.39 is 0 Å². The molecule has 8 rings (SSSR count). The SMILES string of the molecule is Cc1cc(-c2ncnn3cc(-c4ccc5c(c4)CCN(CCc4ccc(NC6CCC(=O)NC6=O)cc4)C5)cc23)ccc1CNC(=O)c1noc(C(C)(C)C)n1. The van der Waals surface area contributed by atoms with E-state index in [1.54, 1.807) is 6.33 Å². The number of carbonyl (C=O) groups excluding carboxylic acids is 3. The van der Waals surface area contributed by atoms with Gasteiger partial charge in [-0.15, -0.1) is 0 Å². The molecule has 0 aliphatic carbocycles. The van der Waals surface area contributed by atoms with Crippen LogP contribution in [0.25, 0.3) is 27.9 Å². The molecule has 13 nitrogen and oxygen atoms in total. The number of aryl methyl sites for hydroxylation is 1. The zero-order chi connectivity index (χ0) is 39.0. The Morgan fingerprint density at radius 2 is 1.79 bits per heavy atom. The van der Waals surface area contributed by atoms with Gasteiger partial charge in [0.05, 0.1) is 11.2 Å². The molecule has 1 fully saturated rings. The zero-order valence-electron chi connectivity index (χ0n) is 32.1. The monoisotopic (exact) mass is 751 g/mol. The molecule has 1 saturated heterocycles. The molecule has 56 heavy (non-hydrogen) atoms. The maximum absolute atomic E-state index is 12.7. The van der Waals surface area contributed by atoms with Crippen molar-refractivity contribution in [2.75, 3.05) is 18.4 Å². The fourth-order valence-electron chi connectivity index (χ4n) is 7.30. The van der Waals surface area contributed by atoms with Gasteiger partial charge in [-0.2, -0.15) is 10.1 Å². The number of hydrogen-bond donors (Lipinski definition) is 3. The Morgan fingerprint density at radius 3 is 2.55 bits per heavy atom. The van der Waals surface area contributed by atoms with Gasteiger partial charge in [0.25, 0.3) is 11.7 Å². The smallest absolute Gasteiger partial charge is 0.292 e. The molecule has 2 aliphatic heterocycles. The van der Waals surface area contributed by atoms with Crippen LogP contribution in [0.2, 0.25) is 0 Å². The van der Waals surface area contributed by atoms with Crippen LogP contribution in [0.1, 0.15) is 77.9 Å². The average molecular weight is 752 g/mol. The molecule has 2 aliphatic rings. The third kappa shape index (κ3) is 7.94. The van der Waals surface area contributed by atoms with Crippen molar-refractivity contribution in [3.8, 4) is 22.4 Å². The van der Waals surface area contributed by atoms with Crippen molar-refractivity contribution in [2.45, 2.75) is 77.9 Å². The minimum absolute atomic E-state index is 0.0247. The molecule has 0 spiro atoms. The van der Waals surface area contributed by atoms with Gasteiger partial charge in [-0.05, 0) is 83.8 Å². The van der Waals surface area contributed by atoms with E-state index in [-0.39, 0.29) is 35.0 Å². The molecule has 3 aromatic heterocycles. The van der Waals surface area contributed by atoms with E-state index >= 15 is 0 Å². The van der Waals surface area contributed by atoms with E-state index in [2.05, 4.69) is 89.7 Å². The summed E-state index contributed by atoms with van der Waals surface area (Å²) in [6.07, 6.45) is 6.42. The fourth-order valence-corrected chi connectivity index (χ4v) is 7.30. The Bertz CT molecular complexity index is 2440.